The number of benzene rings is 4. The second-order valence-corrected chi connectivity index (χ2v) is 10.6. The molecule has 0 atom stereocenters. The molecule has 252 valence electrons. The summed E-state index contributed by atoms with van der Waals surface area (Å²) in [6.45, 7) is 0. The summed E-state index contributed by atoms with van der Waals surface area (Å²) in [4.78, 5) is 37.0. The largest absolute Gasteiger partial charge is 0.506 e. The first-order chi connectivity index (χ1) is 24.5. The summed E-state index contributed by atoms with van der Waals surface area (Å²) in [7, 11) is 0. The molecular weight excluding hydrogens is 702 g/mol. The van der Waals surface area contributed by atoms with E-state index in [1.165, 1.54) is 55.1 Å². The Morgan fingerprint density at radius 2 is 1.22 bits per heavy atom. The third kappa shape index (κ3) is 9.58. The molecule has 0 bridgehead atoms. The smallest absolute Gasteiger partial charge is 0.335 e. The lowest BCUT2D eigenvalue weighted by molar-refractivity contribution is 0.0686. The third-order valence-corrected chi connectivity index (χ3v) is 7.17. The summed E-state index contributed by atoms with van der Waals surface area (Å²) in [6.07, 6.45) is 5.89. The van der Waals surface area contributed by atoms with Crippen molar-refractivity contribution in [2.45, 2.75) is 0 Å². The Morgan fingerprint density at radius 3 is 1.71 bits per heavy atom. The molecule has 12 nitrogen and oxygen atoms in total. The highest BCUT2D eigenvalue weighted by atomic mass is 35.5. The van der Waals surface area contributed by atoms with Crippen molar-refractivity contribution in [1.82, 2.24) is 19.9 Å². The maximum absolute atomic E-state index is 13.3. The number of hydrogen-bond acceptors (Lipinski definition) is 10. The zero-order chi connectivity index (χ0) is 36.9. The number of phenolic OH excluding ortho intramolecular Hbond substituents is 1. The number of nitriles is 2. The zero-order valence-corrected chi connectivity index (χ0v) is 27.3. The van der Waals surface area contributed by atoms with Crippen molar-refractivity contribution in [3.05, 3.63) is 148 Å². The molecule has 0 aliphatic rings. The molecule has 4 aromatic carbocycles. The van der Waals surface area contributed by atoms with Crippen molar-refractivity contribution in [3.8, 4) is 51.9 Å². The van der Waals surface area contributed by atoms with Gasteiger partial charge in [0.15, 0.2) is 0 Å². The van der Waals surface area contributed by atoms with Gasteiger partial charge in [0.2, 0.25) is 0 Å². The number of carboxylic acids is 2. The Kier molecular flexibility index (Phi) is 12.6. The van der Waals surface area contributed by atoms with Gasteiger partial charge in [0, 0.05) is 23.5 Å². The number of phenols is 1. The number of aromatic nitrogens is 4. The van der Waals surface area contributed by atoms with Gasteiger partial charge in [-0.15, -0.1) is 0 Å². The van der Waals surface area contributed by atoms with Gasteiger partial charge in [-0.25, -0.2) is 33.9 Å². The van der Waals surface area contributed by atoms with E-state index in [2.05, 4.69) is 26.0 Å². The summed E-state index contributed by atoms with van der Waals surface area (Å²) < 4.78 is 19.0. The molecule has 51 heavy (non-hydrogen) atoms. The van der Waals surface area contributed by atoms with Crippen LogP contribution in [0.25, 0.3) is 22.5 Å². The number of carboxylic acid groups (broad SMARTS) is 2. The number of hydrogen-bond donors (Lipinski definition) is 3. The van der Waals surface area contributed by atoms with Crippen molar-refractivity contribution in [2.75, 3.05) is 0 Å². The zero-order valence-electron chi connectivity index (χ0n) is 25.8. The van der Waals surface area contributed by atoms with Gasteiger partial charge in [0.25, 0.3) is 0 Å². The lowest BCUT2D eigenvalue weighted by Crippen LogP contribution is -1.97. The standard InChI is InChI=1S/C18H10ClN3O3.C11H6FN3.C7H5ClO3/c19-14-8-11(18(23)24)4-5-17(14)25-16-3-1-2-12(13(16)9-20)15-6-7-21-10-22-15;12-10-3-1-2-8(9(10)6-13)11-4-5-14-7-15-11;8-5-3-4(7(10)11)1-2-6(5)9/h1-8,10H,(H,23,24);1-5,7H;1-3,9H,(H,10,11). The Hall–Kier alpha value is -6.93. The van der Waals surface area contributed by atoms with E-state index in [-0.39, 0.29) is 38.2 Å². The van der Waals surface area contributed by atoms with Gasteiger partial charge in [-0.1, -0.05) is 47.5 Å². The number of ether oxygens (including phenoxy) is 1. The normalized spacial score (nSPS) is 9.82. The minimum atomic E-state index is -1.09. The van der Waals surface area contributed by atoms with Crippen molar-refractivity contribution < 1.29 is 34.0 Å². The van der Waals surface area contributed by atoms with Gasteiger partial charge in [0.1, 0.15) is 53.4 Å². The molecule has 6 aromatic rings. The number of nitrogens with zero attached hydrogens (tertiary/aromatic N) is 6. The average molecular weight is 724 g/mol. The highest BCUT2D eigenvalue weighted by molar-refractivity contribution is 6.32. The number of halogens is 3. The molecule has 0 fully saturated rings. The third-order valence-electron chi connectivity index (χ3n) is 6.57. The molecule has 15 heteroatoms. The molecule has 0 aliphatic heterocycles. The minimum Gasteiger partial charge on any atom is -0.506 e. The molecule has 0 spiro atoms. The predicted octanol–water partition coefficient (Wildman–Crippen LogP) is 8.06. The highest BCUT2D eigenvalue weighted by Crippen LogP contribution is 2.35. The Balaban J connectivity index is 0.000000190. The minimum absolute atomic E-state index is 0.0104. The van der Waals surface area contributed by atoms with Gasteiger partial charge in [0.05, 0.1) is 38.1 Å². The summed E-state index contributed by atoms with van der Waals surface area (Å²) in [6, 6.07) is 24.7. The molecule has 0 radical (unpaired) electrons. The van der Waals surface area contributed by atoms with E-state index in [0.29, 0.717) is 33.8 Å². The summed E-state index contributed by atoms with van der Waals surface area (Å²) in [5.41, 5.74) is 2.63. The Labute approximate surface area is 298 Å². The topological polar surface area (TPSA) is 203 Å². The molecule has 2 aromatic heterocycles. The maximum atomic E-state index is 13.3. The quantitative estimate of drug-likeness (QED) is 0.149. The number of rotatable bonds is 6. The van der Waals surface area contributed by atoms with Crippen molar-refractivity contribution in [3.63, 3.8) is 0 Å². The van der Waals surface area contributed by atoms with E-state index >= 15 is 0 Å². The van der Waals surface area contributed by atoms with Crippen LogP contribution in [0.2, 0.25) is 10.0 Å². The SMILES string of the molecule is N#Cc1c(F)cccc1-c1ccncn1.N#Cc1c(Oc2ccc(C(=O)O)cc2Cl)cccc1-c1ccncn1.O=C(O)c1ccc(O)c(Cl)c1. The highest BCUT2D eigenvalue weighted by Gasteiger charge is 2.15. The molecule has 0 saturated heterocycles. The molecule has 0 saturated carbocycles. The maximum Gasteiger partial charge on any atom is 0.335 e. The van der Waals surface area contributed by atoms with Crippen LogP contribution in [0.3, 0.4) is 0 Å². The molecule has 2 heterocycles. The van der Waals surface area contributed by atoms with E-state index in [9.17, 15) is 19.2 Å². The number of aromatic hydroxyl groups is 1. The van der Waals surface area contributed by atoms with Crippen LogP contribution in [0, 0.1) is 28.5 Å². The molecular formula is C36H21Cl2FN6O6. The number of aromatic carboxylic acids is 2. The first kappa shape index (κ1) is 36.9. The van der Waals surface area contributed by atoms with Crippen LogP contribution >= 0.6 is 23.2 Å². The second kappa shape index (κ2) is 17.5. The van der Waals surface area contributed by atoms with Gasteiger partial charge < -0.3 is 20.1 Å². The summed E-state index contributed by atoms with van der Waals surface area (Å²) >= 11 is 11.5. The van der Waals surface area contributed by atoms with Crippen LogP contribution in [0.4, 0.5) is 4.39 Å². The first-order valence-corrected chi connectivity index (χ1v) is 15.0. The lowest BCUT2D eigenvalue weighted by Gasteiger charge is -2.12. The van der Waals surface area contributed by atoms with Gasteiger partial charge in [-0.3, -0.25) is 0 Å². The van der Waals surface area contributed by atoms with Crippen molar-refractivity contribution >= 4 is 35.1 Å². The lowest BCUT2D eigenvalue weighted by atomic mass is 10.0. The van der Waals surface area contributed by atoms with Crippen LogP contribution in [-0.4, -0.2) is 47.2 Å². The van der Waals surface area contributed by atoms with E-state index in [1.807, 2.05) is 6.07 Å². The fraction of sp³-hybridized carbons (Fsp3) is 0. The molecule has 3 N–H and O–H groups in total. The second-order valence-electron chi connectivity index (χ2n) is 9.78. The average Bonchev–Trinajstić information content (AvgIpc) is 3.14. The first-order valence-electron chi connectivity index (χ1n) is 14.2. The fourth-order valence-electron chi connectivity index (χ4n) is 4.17. The van der Waals surface area contributed by atoms with Crippen molar-refractivity contribution in [1.29, 1.82) is 10.5 Å². The molecule has 6 rings (SSSR count). The predicted molar refractivity (Wildman–Crippen MR) is 183 cm³/mol. The van der Waals surface area contributed by atoms with Gasteiger partial charge in [-0.2, -0.15) is 10.5 Å². The van der Waals surface area contributed by atoms with E-state index in [0.717, 1.165) is 0 Å². The van der Waals surface area contributed by atoms with Crippen LogP contribution in [0.1, 0.15) is 31.8 Å². The molecule has 0 unspecified atom stereocenters. The molecule has 0 amide bonds. The van der Waals surface area contributed by atoms with Crippen LogP contribution in [0.5, 0.6) is 17.2 Å². The fourth-order valence-corrected chi connectivity index (χ4v) is 4.57. The van der Waals surface area contributed by atoms with E-state index in [4.69, 9.17) is 48.5 Å². The number of carbonyl (C=O) groups is 2. The monoisotopic (exact) mass is 722 g/mol. The molecule has 0 aliphatic carbocycles. The van der Waals surface area contributed by atoms with E-state index < -0.39 is 17.8 Å². The van der Waals surface area contributed by atoms with Crippen LogP contribution in [-0.2, 0) is 0 Å². The Bertz CT molecular complexity index is 2280. The summed E-state index contributed by atoms with van der Waals surface area (Å²) in [5, 5.41) is 44.9. The van der Waals surface area contributed by atoms with Crippen LogP contribution in [0.15, 0.2) is 110 Å². The van der Waals surface area contributed by atoms with Crippen LogP contribution < -0.4 is 4.74 Å². The van der Waals surface area contributed by atoms with E-state index in [1.54, 1.807) is 54.9 Å². The Morgan fingerprint density at radius 1 is 0.686 bits per heavy atom. The van der Waals surface area contributed by atoms with Gasteiger partial charge >= 0.3 is 11.9 Å². The van der Waals surface area contributed by atoms with Gasteiger partial charge in [-0.05, 0) is 60.7 Å². The summed E-state index contributed by atoms with van der Waals surface area (Å²) in [5.74, 6) is -2.25. The van der Waals surface area contributed by atoms with Crippen molar-refractivity contribution in [2.24, 2.45) is 0 Å².